The molecular formula is C62H42. The van der Waals surface area contributed by atoms with Crippen LogP contribution in [-0.2, 0) is 0 Å². The van der Waals surface area contributed by atoms with Crippen molar-refractivity contribution in [2.24, 2.45) is 0 Å². The predicted octanol–water partition coefficient (Wildman–Crippen LogP) is 16.3. The van der Waals surface area contributed by atoms with Crippen molar-refractivity contribution in [1.82, 2.24) is 0 Å². The van der Waals surface area contributed by atoms with Crippen LogP contribution < -0.4 is 0 Å². The lowest BCUT2D eigenvalue weighted by Gasteiger charge is -2.21. The highest BCUT2D eigenvalue weighted by Crippen LogP contribution is 2.52. The van der Waals surface area contributed by atoms with Gasteiger partial charge in [0.25, 0.3) is 0 Å². The third-order valence-electron chi connectivity index (χ3n) is 13.2. The normalized spacial score (nSPS) is 12.7. The average molecular weight is 787 g/mol. The molecule has 2 aliphatic rings. The fourth-order valence-corrected chi connectivity index (χ4v) is 10.3. The summed E-state index contributed by atoms with van der Waals surface area (Å²) in [6.45, 7) is 0. The van der Waals surface area contributed by atoms with E-state index in [4.69, 9.17) is 0 Å². The van der Waals surface area contributed by atoms with Gasteiger partial charge in [0.05, 0.1) is 0 Å². The van der Waals surface area contributed by atoms with Gasteiger partial charge in [0.2, 0.25) is 0 Å². The largest absolute Gasteiger partial charge is 0.0622 e. The van der Waals surface area contributed by atoms with Crippen molar-refractivity contribution >= 4 is 0 Å². The van der Waals surface area contributed by atoms with Gasteiger partial charge in [0, 0.05) is 11.8 Å². The molecule has 0 saturated carbocycles. The van der Waals surface area contributed by atoms with E-state index in [1.165, 1.54) is 111 Å². The summed E-state index contributed by atoms with van der Waals surface area (Å²) in [6.07, 6.45) is 0. The van der Waals surface area contributed by atoms with Crippen molar-refractivity contribution in [2.75, 3.05) is 0 Å². The molecule has 10 aromatic rings. The van der Waals surface area contributed by atoms with E-state index in [-0.39, 0.29) is 11.8 Å². The van der Waals surface area contributed by atoms with E-state index in [2.05, 4.69) is 243 Å². The molecule has 10 aromatic carbocycles. The SMILES string of the molecule is c1ccc(-c2cc(-c3ccccc3)cc(-c3ccc(-c4cccc(-c5cc(C6c7ccccc7-c7ccccc76)cc(C6c7ccccc7-c7ccccc76)c5)c4)cc3)c2)cc1. The minimum Gasteiger partial charge on any atom is -0.0622 e. The summed E-state index contributed by atoms with van der Waals surface area (Å²) in [7, 11) is 0. The third-order valence-corrected chi connectivity index (χ3v) is 13.2. The molecule has 0 amide bonds. The molecule has 0 nitrogen and oxygen atoms in total. The third kappa shape index (κ3) is 6.23. The summed E-state index contributed by atoms with van der Waals surface area (Å²) in [5.41, 5.74) is 25.7. The topological polar surface area (TPSA) is 0 Å². The molecule has 0 atom stereocenters. The van der Waals surface area contributed by atoms with Gasteiger partial charge in [-0.3, -0.25) is 0 Å². The fourth-order valence-electron chi connectivity index (χ4n) is 10.3. The highest BCUT2D eigenvalue weighted by molar-refractivity contribution is 5.85. The number of fused-ring (bicyclic) bond motifs is 6. The monoisotopic (exact) mass is 786 g/mol. The zero-order valence-corrected chi connectivity index (χ0v) is 34.2. The predicted molar refractivity (Wildman–Crippen MR) is 259 cm³/mol. The molecule has 12 rings (SSSR count). The Morgan fingerprint density at radius 3 is 0.855 bits per heavy atom. The molecule has 290 valence electrons. The standard InChI is InChI=1S/C62H42/c1-3-16-41(17-4-1)47-35-48(42-18-5-2-6-19-42)37-49(36-47)44-32-30-43(31-33-44)45-20-15-21-46(34-45)50-38-51(61-57-26-11-7-22-53(57)54-23-8-12-27-58(54)61)40-52(39-50)62-59-28-13-9-24-55(59)56-25-10-14-29-60(56)62/h1-40,61-62H. The molecule has 0 bridgehead atoms. The van der Waals surface area contributed by atoms with Crippen molar-refractivity contribution < 1.29 is 0 Å². The van der Waals surface area contributed by atoms with E-state index in [9.17, 15) is 0 Å². The van der Waals surface area contributed by atoms with E-state index in [1.807, 2.05) is 0 Å². The molecule has 0 heterocycles. The molecule has 0 aromatic heterocycles. The Balaban J connectivity index is 0.965. The van der Waals surface area contributed by atoms with Crippen LogP contribution in [-0.4, -0.2) is 0 Å². The molecule has 0 heteroatoms. The van der Waals surface area contributed by atoms with Crippen LogP contribution in [0.25, 0.3) is 77.9 Å². The van der Waals surface area contributed by atoms with Crippen molar-refractivity contribution in [3.8, 4) is 77.9 Å². The van der Waals surface area contributed by atoms with Gasteiger partial charge >= 0.3 is 0 Å². The maximum Gasteiger partial charge on any atom is 0.0352 e. The maximum atomic E-state index is 2.51. The Labute approximate surface area is 364 Å². The minimum absolute atomic E-state index is 0.145. The Bertz CT molecular complexity index is 3020. The lowest BCUT2D eigenvalue weighted by atomic mass is 9.82. The number of benzene rings is 10. The first-order valence-corrected chi connectivity index (χ1v) is 21.7. The van der Waals surface area contributed by atoms with Crippen molar-refractivity contribution in [1.29, 1.82) is 0 Å². The summed E-state index contributed by atoms with van der Waals surface area (Å²) >= 11 is 0. The molecule has 0 aliphatic heterocycles. The first-order chi connectivity index (χ1) is 30.7. The van der Waals surface area contributed by atoms with Crippen molar-refractivity contribution in [3.63, 3.8) is 0 Å². The maximum absolute atomic E-state index is 2.51. The first kappa shape index (κ1) is 36.1. The zero-order chi connectivity index (χ0) is 41.0. The van der Waals surface area contributed by atoms with Crippen LogP contribution >= 0.6 is 0 Å². The van der Waals surface area contributed by atoms with Crippen LogP contribution in [0.15, 0.2) is 243 Å². The van der Waals surface area contributed by atoms with Crippen LogP contribution in [0.1, 0.15) is 45.2 Å². The Morgan fingerprint density at radius 2 is 0.452 bits per heavy atom. The van der Waals surface area contributed by atoms with Gasteiger partial charge in [0.15, 0.2) is 0 Å². The summed E-state index contributed by atoms with van der Waals surface area (Å²) in [6, 6.07) is 90.0. The molecule has 2 aliphatic carbocycles. The van der Waals surface area contributed by atoms with Gasteiger partial charge in [-0.1, -0.05) is 218 Å². The molecule has 0 radical (unpaired) electrons. The van der Waals surface area contributed by atoms with Crippen LogP contribution in [0, 0.1) is 0 Å². The van der Waals surface area contributed by atoms with Crippen LogP contribution in [0.4, 0.5) is 0 Å². The minimum atomic E-state index is 0.145. The Kier molecular flexibility index (Phi) is 8.75. The fraction of sp³-hybridized carbons (Fsp3) is 0.0323. The molecule has 0 saturated heterocycles. The molecule has 0 unspecified atom stereocenters. The first-order valence-electron chi connectivity index (χ1n) is 21.7. The lowest BCUT2D eigenvalue weighted by Crippen LogP contribution is -2.05. The van der Waals surface area contributed by atoms with E-state index in [1.54, 1.807) is 0 Å². The molecule has 0 N–H and O–H groups in total. The van der Waals surface area contributed by atoms with Gasteiger partial charge in [-0.15, -0.1) is 0 Å². The summed E-state index contributed by atoms with van der Waals surface area (Å²) in [5, 5.41) is 0. The van der Waals surface area contributed by atoms with E-state index >= 15 is 0 Å². The molecule has 0 spiro atoms. The second kappa shape index (κ2) is 15.0. The van der Waals surface area contributed by atoms with E-state index in [0.29, 0.717) is 0 Å². The van der Waals surface area contributed by atoms with Gasteiger partial charge in [-0.25, -0.2) is 0 Å². The smallest absolute Gasteiger partial charge is 0.0352 e. The highest BCUT2D eigenvalue weighted by atomic mass is 14.4. The summed E-state index contributed by atoms with van der Waals surface area (Å²) in [4.78, 5) is 0. The van der Waals surface area contributed by atoms with Gasteiger partial charge in [-0.2, -0.15) is 0 Å². The van der Waals surface area contributed by atoms with Gasteiger partial charge < -0.3 is 0 Å². The second-order valence-electron chi connectivity index (χ2n) is 16.8. The number of hydrogen-bond acceptors (Lipinski definition) is 0. The zero-order valence-electron chi connectivity index (χ0n) is 34.2. The van der Waals surface area contributed by atoms with Crippen LogP contribution in [0.5, 0.6) is 0 Å². The van der Waals surface area contributed by atoms with E-state index in [0.717, 1.165) is 0 Å². The Morgan fingerprint density at radius 1 is 0.177 bits per heavy atom. The average Bonchev–Trinajstić information content (AvgIpc) is 3.88. The quantitative estimate of drug-likeness (QED) is 0.151. The van der Waals surface area contributed by atoms with E-state index < -0.39 is 0 Å². The van der Waals surface area contributed by atoms with Crippen LogP contribution in [0.3, 0.4) is 0 Å². The lowest BCUT2D eigenvalue weighted by molar-refractivity contribution is 0.974. The van der Waals surface area contributed by atoms with Crippen molar-refractivity contribution in [3.05, 3.63) is 276 Å². The molecule has 62 heavy (non-hydrogen) atoms. The highest BCUT2D eigenvalue weighted by Gasteiger charge is 2.33. The van der Waals surface area contributed by atoms with Crippen LogP contribution in [0.2, 0.25) is 0 Å². The summed E-state index contributed by atoms with van der Waals surface area (Å²) in [5.74, 6) is 0.290. The van der Waals surface area contributed by atoms with Crippen molar-refractivity contribution in [2.45, 2.75) is 11.8 Å². The van der Waals surface area contributed by atoms with Gasteiger partial charge in [0.1, 0.15) is 0 Å². The summed E-state index contributed by atoms with van der Waals surface area (Å²) < 4.78 is 0. The molecule has 0 fully saturated rings. The number of rotatable bonds is 7. The Hall–Kier alpha value is -7.80. The second-order valence-corrected chi connectivity index (χ2v) is 16.8. The number of hydrogen-bond donors (Lipinski definition) is 0. The van der Waals surface area contributed by atoms with Gasteiger partial charge in [-0.05, 0) is 136 Å². The molecular weight excluding hydrogens is 745 g/mol.